The van der Waals surface area contributed by atoms with E-state index in [1.807, 2.05) is 0 Å². The van der Waals surface area contributed by atoms with Crippen molar-refractivity contribution >= 4 is 69.5 Å². The van der Waals surface area contributed by atoms with Gasteiger partial charge in [0.25, 0.3) is 5.91 Å². The molecule has 0 spiro atoms. The number of aliphatic carboxylic acids is 2. The molecular formula is C18H22N10O7S3. The maximum atomic E-state index is 13.0. The van der Waals surface area contributed by atoms with Crippen molar-refractivity contribution in [3.8, 4) is 0 Å². The Morgan fingerprint density at radius 3 is 2.82 bits per heavy atom. The van der Waals surface area contributed by atoms with Crippen molar-refractivity contribution in [2.75, 3.05) is 36.9 Å². The number of hydrogen-bond acceptors (Lipinski definition) is 15. The molecule has 0 radical (unpaired) electrons. The second-order valence-electron chi connectivity index (χ2n) is 8.14. The van der Waals surface area contributed by atoms with E-state index in [1.54, 1.807) is 0 Å². The maximum Gasteiger partial charge on any atom is 0.344 e. The minimum Gasteiger partial charge on any atom is -0.481 e. The van der Waals surface area contributed by atoms with Crippen LogP contribution < -0.4 is 16.8 Å². The molecule has 0 bridgehead atoms. The summed E-state index contributed by atoms with van der Waals surface area (Å²) in [6.07, 6.45) is 0. The lowest BCUT2D eigenvalue weighted by molar-refractivity contribution is -0.157. The van der Waals surface area contributed by atoms with Crippen molar-refractivity contribution in [3.63, 3.8) is 0 Å². The molecule has 17 nitrogen and oxygen atoms in total. The smallest absolute Gasteiger partial charge is 0.344 e. The highest BCUT2D eigenvalue weighted by Gasteiger charge is 2.57. The molecule has 0 saturated carbocycles. The third kappa shape index (κ3) is 5.66. The summed E-state index contributed by atoms with van der Waals surface area (Å²) in [4.78, 5) is 59.0. The summed E-state index contributed by atoms with van der Waals surface area (Å²) in [6.45, 7) is -0.178. The zero-order valence-corrected chi connectivity index (χ0v) is 21.9. The number of thioether (sulfide) groups is 2. The first-order valence-corrected chi connectivity index (χ1v) is 13.7. The van der Waals surface area contributed by atoms with E-state index in [0.717, 1.165) is 23.1 Å². The number of carboxylic acids is 2. The van der Waals surface area contributed by atoms with Crippen LogP contribution in [0.4, 0.5) is 5.13 Å². The lowest BCUT2D eigenvalue weighted by Gasteiger charge is -2.53. The highest BCUT2D eigenvalue weighted by molar-refractivity contribution is 8.00. The van der Waals surface area contributed by atoms with E-state index in [4.69, 9.17) is 21.4 Å². The number of tetrazole rings is 1. The maximum absolute atomic E-state index is 13.0. The van der Waals surface area contributed by atoms with E-state index >= 15 is 0 Å². The van der Waals surface area contributed by atoms with Crippen LogP contribution in [-0.4, -0.2) is 112 Å². The Bertz CT molecular complexity index is 1270. The molecule has 38 heavy (non-hydrogen) atoms. The van der Waals surface area contributed by atoms with E-state index in [2.05, 4.69) is 31.0 Å². The number of rotatable bonds is 12. The molecule has 204 valence electrons. The van der Waals surface area contributed by atoms with Gasteiger partial charge in [0.05, 0.1) is 6.54 Å². The van der Waals surface area contributed by atoms with Gasteiger partial charge in [-0.15, -0.1) is 28.2 Å². The number of hydrogen-bond donors (Lipinski definition) is 5. The topological polar surface area (TPSA) is 254 Å². The number of oxime groups is 1. The third-order valence-corrected chi connectivity index (χ3v) is 9.03. The number of anilines is 1. The minimum absolute atomic E-state index is 0.0502. The number of β-lactam (4-membered cyclic amide) rings is 1. The number of amides is 2. The summed E-state index contributed by atoms with van der Waals surface area (Å²) in [5.74, 6) is -3.39. The first-order chi connectivity index (χ1) is 18.1. The van der Waals surface area contributed by atoms with E-state index in [1.165, 1.54) is 26.7 Å². The van der Waals surface area contributed by atoms with Crippen LogP contribution in [0.15, 0.2) is 15.7 Å². The summed E-state index contributed by atoms with van der Waals surface area (Å²) in [7, 11) is 0. The molecule has 2 unspecified atom stereocenters. The number of nitrogen functional groups attached to an aromatic ring is 1. The van der Waals surface area contributed by atoms with Crippen LogP contribution in [0, 0.1) is 5.41 Å². The van der Waals surface area contributed by atoms with Crippen LogP contribution in [0.1, 0.15) is 5.69 Å². The second kappa shape index (κ2) is 11.5. The number of nitrogens with two attached hydrogens (primary N) is 2. The highest BCUT2D eigenvalue weighted by atomic mass is 32.2. The Hall–Kier alpha value is -3.49. The summed E-state index contributed by atoms with van der Waals surface area (Å²) in [5.41, 5.74) is 9.60. The van der Waals surface area contributed by atoms with Crippen molar-refractivity contribution < 1.29 is 34.2 Å². The number of carbonyl (C=O) groups excluding carboxylic acids is 2. The number of fused-ring (bicyclic) bond motifs is 1. The molecule has 2 fully saturated rings. The van der Waals surface area contributed by atoms with Crippen molar-refractivity contribution in [3.05, 3.63) is 11.1 Å². The molecule has 0 aliphatic carbocycles. The van der Waals surface area contributed by atoms with Crippen molar-refractivity contribution in [2.45, 2.75) is 23.1 Å². The summed E-state index contributed by atoms with van der Waals surface area (Å²) in [5, 5.41) is 37.8. The van der Waals surface area contributed by atoms with Gasteiger partial charge in [0.15, 0.2) is 10.8 Å². The zero-order valence-electron chi connectivity index (χ0n) is 19.4. The van der Waals surface area contributed by atoms with Gasteiger partial charge in [-0.2, -0.15) is 0 Å². The third-order valence-electron chi connectivity index (χ3n) is 5.53. The first-order valence-electron chi connectivity index (χ1n) is 10.8. The van der Waals surface area contributed by atoms with Gasteiger partial charge in [-0.3, -0.25) is 14.4 Å². The SMILES string of the molecule is NCCn1nnnc1SCC1(C(=O)O)CS[C@@H]2C(NC(=O)C(=NOCC(=O)O)c3csc(N)n3)C(=O)N2C1. The Morgan fingerprint density at radius 2 is 2.16 bits per heavy atom. The van der Waals surface area contributed by atoms with Crippen LogP contribution in [0.25, 0.3) is 0 Å². The largest absolute Gasteiger partial charge is 0.481 e. The second-order valence-corrected chi connectivity index (χ2v) is 11.1. The fourth-order valence-corrected chi connectivity index (χ4v) is 6.95. The van der Waals surface area contributed by atoms with Gasteiger partial charge in [0, 0.05) is 30.0 Å². The molecule has 2 saturated heterocycles. The van der Waals surface area contributed by atoms with Gasteiger partial charge in [0.2, 0.25) is 17.7 Å². The van der Waals surface area contributed by atoms with Crippen molar-refractivity contribution in [1.29, 1.82) is 0 Å². The number of aromatic nitrogens is 5. The normalized spacial score (nSPS) is 22.9. The molecule has 2 amide bonds. The lowest BCUT2D eigenvalue weighted by Crippen LogP contribution is -2.74. The molecule has 2 aliphatic heterocycles. The van der Waals surface area contributed by atoms with Crippen LogP contribution in [0.2, 0.25) is 0 Å². The van der Waals surface area contributed by atoms with Crippen LogP contribution in [-0.2, 0) is 30.6 Å². The van der Waals surface area contributed by atoms with Gasteiger partial charge < -0.3 is 36.7 Å². The first kappa shape index (κ1) is 27.5. The summed E-state index contributed by atoms with van der Waals surface area (Å²) < 4.78 is 1.48. The minimum atomic E-state index is -1.30. The van der Waals surface area contributed by atoms with Crippen LogP contribution >= 0.6 is 34.9 Å². The van der Waals surface area contributed by atoms with Gasteiger partial charge in [-0.25, -0.2) is 14.5 Å². The quantitative estimate of drug-likeness (QED) is 0.0761. The Morgan fingerprint density at radius 1 is 1.37 bits per heavy atom. The van der Waals surface area contributed by atoms with Crippen molar-refractivity contribution in [1.82, 2.24) is 35.4 Å². The molecule has 7 N–H and O–H groups in total. The standard InChI is InChI=1S/C18H22N10O7S3/c19-1-2-28-17(23-25-26-28)38-7-18(15(33)34)5-27-13(32)11(14(27)37-6-18)22-12(31)10(24-35-3-9(29)30)8-4-36-16(20)21-8/h4,11,14H,1-3,5-7,19H2,(H2,20,21)(H,22,31)(H,29,30)(H,33,34)/t11?,14-,18?/m1/s1. The molecule has 2 aromatic rings. The Labute approximate surface area is 226 Å². The van der Waals surface area contributed by atoms with Crippen molar-refractivity contribution in [2.24, 2.45) is 16.3 Å². The average molecular weight is 587 g/mol. The molecule has 4 heterocycles. The van der Waals surface area contributed by atoms with E-state index in [0.29, 0.717) is 18.2 Å². The fourth-order valence-electron chi connectivity index (χ4n) is 3.63. The molecule has 20 heteroatoms. The fraction of sp³-hybridized carbons (Fsp3) is 0.500. The van der Waals surface area contributed by atoms with Gasteiger partial charge >= 0.3 is 11.9 Å². The van der Waals surface area contributed by atoms with Crippen LogP contribution in [0.3, 0.4) is 0 Å². The average Bonchev–Trinajstić information content (AvgIpc) is 3.52. The molecule has 2 aromatic heterocycles. The summed E-state index contributed by atoms with van der Waals surface area (Å²) >= 11 is 3.42. The predicted molar refractivity (Wildman–Crippen MR) is 134 cm³/mol. The number of thiazole rings is 1. The monoisotopic (exact) mass is 586 g/mol. The number of carbonyl (C=O) groups is 4. The lowest BCUT2D eigenvalue weighted by atomic mass is 9.89. The molecular weight excluding hydrogens is 564 g/mol. The van der Waals surface area contributed by atoms with E-state index in [-0.39, 0.29) is 34.6 Å². The molecule has 3 atom stereocenters. The zero-order chi connectivity index (χ0) is 27.4. The Kier molecular flexibility index (Phi) is 8.33. The van der Waals surface area contributed by atoms with Gasteiger partial charge in [-0.05, 0) is 10.4 Å². The van der Waals surface area contributed by atoms with E-state index < -0.39 is 47.2 Å². The predicted octanol–water partition coefficient (Wildman–Crippen LogP) is -2.26. The highest BCUT2D eigenvalue weighted by Crippen LogP contribution is 2.44. The Balaban J connectivity index is 1.42. The van der Waals surface area contributed by atoms with Gasteiger partial charge in [0.1, 0.15) is 22.5 Å². The number of nitrogens with one attached hydrogen (secondary N) is 1. The number of nitrogens with zero attached hydrogens (tertiary/aromatic N) is 7. The molecule has 0 aromatic carbocycles. The summed E-state index contributed by atoms with van der Waals surface area (Å²) in [6, 6.07) is -0.954. The number of carboxylic acid groups (broad SMARTS) is 2. The van der Waals surface area contributed by atoms with E-state index in [9.17, 15) is 24.3 Å². The molecule has 2 aliphatic rings. The van der Waals surface area contributed by atoms with Crippen LogP contribution in [0.5, 0.6) is 0 Å². The van der Waals surface area contributed by atoms with Gasteiger partial charge in [-0.1, -0.05) is 16.9 Å². The molecule has 4 rings (SSSR count).